The summed E-state index contributed by atoms with van der Waals surface area (Å²) in [6, 6.07) is 1.63. The zero-order chi connectivity index (χ0) is 20.2. The lowest BCUT2D eigenvalue weighted by Gasteiger charge is -2.33. The summed E-state index contributed by atoms with van der Waals surface area (Å²) < 4.78 is 4.96. The number of carbonyl (C=O) groups is 2. The molecule has 4 rings (SSSR count). The van der Waals surface area contributed by atoms with Crippen molar-refractivity contribution in [3.05, 3.63) is 34.7 Å². The quantitative estimate of drug-likeness (QED) is 0.730. The van der Waals surface area contributed by atoms with E-state index < -0.39 is 0 Å². The highest BCUT2D eigenvalue weighted by atomic mass is 32.1. The molecule has 1 saturated carbocycles. The van der Waals surface area contributed by atoms with Crippen molar-refractivity contribution in [1.29, 1.82) is 0 Å². The second kappa shape index (κ2) is 9.11. The van der Waals surface area contributed by atoms with E-state index in [1.54, 1.807) is 6.07 Å². The Bertz CT molecular complexity index is 838. The average Bonchev–Trinajstić information content (AvgIpc) is 3.41. The summed E-state index contributed by atoms with van der Waals surface area (Å²) >= 11 is 1.47. The molecular formula is C22H29N3O3S. The predicted molar refractivity (Wildman–Crippen MR) is 113 cm³/mol. The first-order valence-electron chi connectivity index (χ1n) is 10.7. The SMILES string of the molecule is CCCCC1CCC(C(=O)N2CCc3nc(NC(=O)c4ccoc4)sc3C2)CC1. The van der Waals surface area contributed by atoms with Crippen LogP contribution in [0.25, 0.3) is 0 Å². The molecule has 1 N–H and O–H groups in total. The van der Waals surface area contributed by atoms with Gasteiger partial charge < -0.3 is 9.32 Å². The number of hydrogen-bond donors (Lipinski definition) is 1. The first-order valence-corrected chi connectivity index (χ1v) is 11.6. The molecule has 0 aromatic carbocycles. The van der Waals surface area contributed by atoms with E-state index >= 15 is 0 Å². The van der Waals surface area contributed by atoms with Crippen molar-refractivity contribution >= 4 is 28.3 Å². The van der Waals surface area contributed by atoms with Gasteiger partial charge in [-0.25, -0.2) is 4.98 Å². The Balaban J connectivity index is 1.32. The van der Waals surface area contributed by atoms with E-state index in [0.29, 0.717) is 23.1 Å². The van der Waals surface area contributed by atoms with Gasteiger partial charge in [-0.2, -0.15) is 0 Å². The van der Waals surface area contributed by atoms with Crippen molar-refractivity contribution in [2.45, 2.75) is 64.8 Å². The molecule has 1 aliphatic heterocycles. The number of amides is 2. The van der Waals surface area contributed by atoms with E-state index in [4.69, 9.17) is 4.42 Å². The van der Waals surface area contributed by atoms with Crippen LogP contribution in [0.3, 0.4) is 0 Å². The van der Waals surface area contributed by atoms with E-state index in [1.165, 1.54) is 56.0 Å². The summed E-state index contributed by atoms with van der Waals surface area (Å²) in [7, 11) is 0. The molecule has 0 saturated heterocycles. The molecule has 2 aromatic heterocycles. The van der Waals surface area contributed by atoms with Crippen molar-refractivity contribution < 1.29 is 14.0 Å². The topological polar surface area (TPSA) is 75.4 Å². The summed E-state index contributed by atoms with van der Waals surface area (Å²) in [4.78, 5) is 32.9. The molecule has 6 nitrogen and oxygen atoms in total. The zero-order valence-corrected chi connectivity index (χ0v) is 17.8. The zero-order valence-electron chi connectivity index (χ0n) is 17.0. The van der Waals surface area contributed by atoms with E-state index in [1.807, 2.05) is 4.90 Å². The molecule has 3 heterocycles. The Kier molecular flexibility index (Phi) is 6.33. The number of hydrogen-bond acceptors (Lipinski definition) is 5. The van der Waals surface area contributed by atoms with Crippen LogP contribution in [0.2, 0.25) is 0 Å². The van der Waals surface area contributed by atoms with E-state index in [9.17, 15) is 9.59 Å². The molecule has 1 fully saturated rings. The predicted octanol–water partition coefficient (Wildman–Crippen LogP) is 4.87. The van der Waals surface area contributed by atoms with Crippen LogP contribution in [-0.2, 0) is 17.8 Å². The normalized spacial score (nSPS) is 21.6. The minimum atomic E-state index is -0.224. The van der Waals surface area contributed by atoms with Crippen LogP contribution in [0, 0.1) is 11.8 Å². The van der Waals surface area contributed by atoms with Gasteiger partial charge in [0.25, 0.3) is 5.91 Å². The molecule has 0 atom stereocenters. The summed E-state index contributed by atoms with van der Waals surface area (Å²) in [5, 5.41) is 3.43. The van der Waals surface area contributed by atoms with Crippen LogP contribution < -0.4 is 5.32 Å². The average molecular weight is 416 g/mol. The maximum atomic E-state index is 13.1. The molecule has 2 aliphatic rings. The van der Waals surface area contributed by atoms with Gasteiger partial charge in [0.2, 0.25) is 5.91 Å². The highest BCUT2D eigenvalue weighted by Crippen LogP contribution is 2.35. The van der Waals surface area contributed by atoms with Crippen LogP contribution in [0.1, 0.15) is 72.8 Å². The van der Waals surface area contributed by atoms with Crippen LogP contribution >= 0.6 is 11.3 Å². The lowest BCUT2D eigenvalue weighted by atomic mass is 9.79. The van der Waals surface area contributed by atoms with Crippen molar-refractivity contribution in [3.63, 3.8) is 0 Å². The number of nitrogens with one attached hydrogen (secondary N) is 1. The maximum absolute atomic E-state index is 13.1. The third kappa shape index (κ3) is 4.71. The first-order chi connectivity index (χ1) is 14.1. The minimum Gasteiger partial charge on any atom is -0.472 e. The number of nitrogens with zero attached hydrogens (tertiary/aromatic N) is 2. The van der Waals surface area contributed by atoms with Gasteiger partial charge in [-0.15, -0.1) is 0 Å². The van der Waals surface area contributed by atoms with E-state index in [2.05, 4.69) is 17.2 Å². The van der Waals surface area contributed by atoms with E-state index in [-0.39, 0.29) is 11.8 Å². The Morgan fingerprint density at radius 3 is 2.86 bits per heavy atom. The fraction of sp³-hybridized carbons (Fsp3) is 0.591. The molecule has 1 aliphatic carbocycles. The second-order valence-electron chi connectivity index (χ2n) is 8.22. The number of carbonyl (C=O) groups excluding carboxylic acids is 2. The Hall–Kier alpha value is -2.15. The van der Waals surface area contributed by atoms with Crippen LogP contribution in [-0.4, -0.2) is 28.2 Å². The fourth-order valence-electron chi connectivity index (χ4n) is 4.45. The monoisotopic (exact) mass is 415 g/mol. The van der Waals surface area contributed by atoms with Gasteiger partial charge in [0.1, 0.15) is 6.26 Å². The highest BCUT2D eigenvalue weighted by molar-refractivity contribution is 7.15. The molecular weight excluding hydrogens is 386 g/mol. The van der Waals surface area contributed by atoms with Gasteiger partial charge in [-0.3, -0.25) is 14.9 Å². The first kappa shape index (κ1) is 20.1. The molecule has 156 valence electrons. The van der Waals surface area contributed by atoms with E-state index in [0.717, 1.165) is 42.3 Å². The Morgan fingerprint density at radius 1 is 1.31 bits per heavy atom. The minimum absolute atomic E-state index is 0.183. The number of aromatic nitrogens is 1. The highest BCUT2D eigenvalue weighted by Gasteiger charge is 2.32. The largest absolute Gasteiger partial charge is 0.472 e. The lowest BCUT2D eigenvalue weighted by molar-refractivity contribution is -0.137. The van der Waals surface area contributed by atoms with Crippen LogP contribution in [0.4, 0.5) is 5.13 Å². The van der Waals surface area contributed by atoms with Crippen molar-refractivity contribution in [2.24, 2.45) is 11.8 Å². The smallest absolute Gasteiger partial charge is 0.260 e. The second-order valence-corrected chi connectivity index (χ2v) is 9.31. The molecule has 2 amide bonds. The Labute approximate surface area is 175 Å². The molecule has 0 spiro atoms. The summed E-state index contributed by atoms with van der Waals surface area (Å²) in [6.07, 6.45) is 12.0. The maximum Gasteiger partial charge on any atom is 0.260 e. The summed E-state index contributed by atoms with van der Waals surface area (Å²) in [6.45, 7) is 3.58. The number of thiazole rings is 1. The number of furan rings is 1. The van der Waals surface area contributed by atoms with Gasteiger partial charge in [-0.1, -0.05) is 37.5 Å². The third-order valence-corrected chi connectivity index (χ3v) is 7.21. The number of fused-ring (bicyclic) bond motifs is 1. The molecule has 29 heavy (non-hydrogen) atoms. The van der Waals surface area contributed by atoms with Gasteiger partial charge in [0.15, 0.2) is 5.13 Å². The fourth-order valence-corrected chi connectivity index (χ4v) is 5.47. The number of unbranched alkanes of at least 4 members (excludes halogenated alkanes) is 1. The molecule has 2 aromatic rings. The lowest BCUT2D eigenvalue weighted by Crippen LogP contribution is -2.40. The van der Waals surface area contributed by atoms with Gasteiger partial charge in [0, 0.05) is 23.8 Å². The number of anilines is 1. The van der Waals surface area contributed by atoms with Crippen molar-refractivity contribution in [1.82, 2.24) is 9.88 Å². The summed E-state index contributed by atoms with van der Waals surface area (Å²) in [5.41, 5.74) is 1.48. The standard InChI is InChI=1S/C22H29N3O3S/c1-2-3-4-15-5-7-16(8-6-15)21(27)25-11-9-18-19(13-25)29-22(23-18)24-20(26)17-10-12-28-14-17/h10,12,14-16H,2-9,11,13H2,1H3,(H,23,24,26). The molecule has 0 unspecified atom stereocenters. The van der Waals surface area contributed by atoms with Crippen LogP contribution in [0.5, 0.6) is 0 Å². The van der Waals surface area contributed by atoms with Gasteiger partial charge in [-0.05, 0) is 37.7 Å². The van der Waals surface area contributed by atoms with Crippen LogP contribution in [0.15, 0.2) is 23.0 Å². The molecule has 7 heteroatoms. The van der Waals surface area contributed by atoms with Crippen molar-refractivity contribution in [3.8, 4) is 0 Å². The van der Waals surface area contributed by atoms with Gasteiger partial charge in [0.05, 0.1) is 24.1 Å². The third-order valence-electron chi connectivity index (χ3n) is 6.21. The summed E-state index contributed by atoms with van der Waals surface area (Å²) in [5.74, 6) is 1.08. The van der Waals surface area contributed by atoms with Gasteiger partial charge >= 0.3 is 0 Å². The Morgan fingerprint density at radius 2 is 2.14 bits per heavy atom. The molecule has 0 bridgehead atoms. The molecule has 0 radical (unpaired) electrons. The number of rotatable bonds is 6. The van der Waals surface area contributed by atoms with Crippen molar-refractivity contribution in [2.75, 3.05) is 11.9 Å².